The molecule has 1 saturated heterocycles. The van der Waals surface area contributed by atoms with E-state index in [9.17, 15) is 5.11 Å². The lowest BCUT2D eigenvalue weighted by molar-refractivity contribution is 0.153. The molecule has 2 heterocycles. The Morgan fingerprint density at radius 1 is 1.56 bits per heavy atom. The molecule has 1 aromatic rings. The monoisotopic (exact) mass is 223 g/mol. The van der Waals surface area contributed by atoms with Crippen LogP contribution in [0.1, 0.15) is 38.3 Å². The molecule has 1 atom stereocenters. The number of aliphatic hydroxyl groups is 1. The van der Waals surface area contributed by atoms with Crippen LogP contribution in [0.4, 0.5) is 0 Å². The molecular weight excluding hydrogens is 202 g/mol. The van der Waals surface area contributed by atoms with Crippen molar-refractivity contribution in [3.63, 3.8) is 0 Å². The van der Waals surface area contributed by atoms with Gasteiger partial charge in [0.1, 0.15) is 0 Å². The maximum absolute atomic E-state index is 9.25. The minimum absolute atomic E-state index is 0.276. The quantitative estimate of drug-likeness (QED) is 0.839. The fraction of sp³-hybridized carbons (Fsp3) is 0.750. The van der Waals surface area contributed by atoms with Gasteiger partial charge < -0.3 is 5.11 Å². The Bertz CT molecular complexity index is 335. The second-order valence-corrected chi connectivity index (χ2v) is 4.87. The zero-order valence-electron chi connectivity index (χ0n) is 10.1. The molecule has 90 valence electrons. The number of hydrogen-bond donors (Lipinski definition) is 1. The zero-order valence-corrected chi connectivity index (χ0v) is 10.1. The van der Waals surface area contributed by atoms with Crippen LogP contribution in [-0.2, 0) is 6.54 Å². The van der Waals surface area contributed by atoms with Crippen LogP contribution in [0.25, 0.3) is 0 Å². The summed E-state index contributed by atoms with van der Waals surface area (Å²) in [5.74, 6) is 0. The topological polar surface area (TPSA) is 41.3 Å². The summed E-state index contributed by atoms with van der Waals surface area (Å²) in [7, 11) is 0. The van der Waals surface area contributed by atoms with E-state index in [4.69, 9.17) is 0 Å². The SMILES string of the molecule is CC(C)n1cc(CN2CCC[C@@H]2CO)cn1. The van der Waals surface area contributed by atoms with E-state index in [-0.39, 0.29) is 6.61 Å². The summed E-state index contributed by atoms with van der Waals surface area (Å²) in [6, 6.07) is 0.767. The lowest BCUT2D eigenvalue weighted by Crippen LogP contribution is -2.31. The number of nitrogens with zero attached hydrogens (tertiary/aromatic N) is 3. The average molecular weight is 223 g/mol. The summed E-state index contributed by atoms with van der Waals surface area (Å²) in [6.07, 6.45) is 6.36. The maximum Gasteiger partial charge on any atom is 0.0587 e. The molecule has 0 bridgehead atoms. The highest BCUT2D eigenvalue weighted by Crippen LogP contribution is 2.19. The van der Waals surface area contributed by atoms with Crippen LogP contribution in [0.2, 0.25) is 0 Å². The molecule has 4 nitrogen and oxygen atoms in total. The first-order valence-electron chi connectivity index (χ1n) is 6.08. The molecule has 2 rings (SSSR count). The van der Waals surface area contributed by atoms with Gasteiger partial charge in [0.25, 0.3) is 0 Å². The highest BCUT2D eigenvalue weighted by atomic mass is 16.3. The van der Waals surface area contributed by atoms with Gasteiger partial charge in [-0.1, -0.05) is 0 Å². The summed E-state index contributed by atoms with van der Waals surface area (Å²) >= 11 is 0. The molecule has 1 fully saturated rings. The summed E-state index contributed by atoms with van der Waals surface area (Å²) in [4.78, 5) is 2.35. The number of rotatable bonds is 4. The van der Waals surface area contributed by atoms with Gasteiger partial charge in [0.2, 0.25) is 0 Å². The van der Waals surface area contributed by atoms with Crippen LogP contribution < -0.4 is 0 Å². The third-order valence-electron chi connectivity index (χ3n) is 3.28. The fourth-order valence-electron chi connectivity index (χ4n) is 2.29. The van der Waals surface area contributed by atoms with Crippen molar-refractivity contribution >= 4 is 0 Å². The van der Waals surface area contributed by atoms with Gasteiger partial charge in [-0.15, -0.1) is 0 Å². The number of hydrogen-bond acceptors (Lipinski definition) is 3. The Labute approximate surface area is 96.9 Å². The standard InChI is InChI=1S/C12H21N3O/c1-10(2)15-8-11(6-13-15)7-14-5-3-4-12(14)9-16/h6,8,10,12,16H,3-5,7,9H2,1-2H3/t12-/m1/s1. The normalized spacial score (nSPS) is 22.1. The Morgan fingerprint density at radius 3 is 3.00 bits per heavy atom. The molecule has 1 N–H and O–H groups in total. The largest absolute Gasteiger partial charge is 0.395 e. The van der Waals surface area contributed by atoms with E-state index in [1.165, 1.54) is 12.0 Å². The molecule has 1 aromatic heterocycles. The molecule has 1 aliphatic heterocycles. The molecule has 0 aliphatic carbocycles. The highest BCUT2D eigenvalue weighted by Gasteiger charge is 2.23. The van der Waals surface area contributed by atoms with E-state index in [1.54, 1.807) is 0 Å². The van der Waals surface area contributed by atoms with Gasteiger partial charge in [-0.25, -0.2) is 0 Å². The van der Waals surface area contributed by atoms with Crippen LogP contribution in [0.15, 0.2) is 12.4 Å². The van der Waals surface area contributed by atoms with Crippen LogP contribution in [0, 0.1) is 0 Å². The van der Waals surface area contributed by atoms with Crippen LogP contribution in [-0.4, -0.2) is 39.0 Å². The van der Waals surface area contributed by atoms with Crippen LogP contribution in [0.3, 0.4) is 0 Å². The van der Waals surface area contributed by atoms with E-state index in [1.807, 2.05) is 10.9 Å². The van der Waals surface area contributed by atoms with Crippen molar-refractivity contribution in [1.82, 2.24) is 14.7 Å². The lowest BCUT2D eigenvalue weighted by atomic mass is 10.2. The number of aromatic nitrogens is 2. The smallest absolute Gasteiger partial charge is 0.0587 e. The van der Waals surface area contributed by atoms with Crippen molar-refractivity contribution in [2.45, 2.75) is 45.3 Å². The molecular formula is C12H21N3O. The third kappa shape index (κ3) is 2.44. The number of aliphatic hydroxyl groups excluding tert-OH is 1. The molecule has 0 amide bonds. The lowest BCUT2D eigenvalue weighted by Gasteiger charge is -2.21. The van der Waals surface area contributed by atoms with Gasteiger partial charge in [0.05, 0.1) is 12.8 Å². The predicted molar refractivity (Wildman–Crippen MR) is 63.1 cm³/mol. The van der Waals surface area contributed by atoms with Gasteiger partial charge in [-0.05, 0) is 33.2 Å². The summed E-state index contributed by atoms with van der Waals surface area (Å²) in [6.45, 7) is 6.54. The van der Waals surface area contributed by atoms with E-state index in [2.05, 4.69) is 30.0 Å². The first-order valence-corrected chi connectivity index (χ1v) is 6.08. The second-order valence-electron chi connectivity index (χ2n) is 4.87. The van der Waals surface area contributed by atoms with Crippen molar-refractivity contribution in [3.8, 4) is 0 Å². The molecule has 0 spiro atoms. The first kappa shape index (κ1) is 11.6. The second kappa shape index (κ2) is 4.97. The van der Waals surface area contributed by atoms with E-state index >= 15 is 0 Å². The van der Waals surface area contributed by atoms with Gasteiger partial charge >= 0.3 is 0 Å². The van der Waals surface area contributed by atoms with Gasteiger partial charge in [0, 0.05) is 30.4 Å². The Balaban J connectivity index is 1.97. The summed E-state index contributed by atoms with van der Waals surface area (Å²) in [5, 5.41) is 13.6. The van der Waals surface area contributed by atoms with Gasteiger partial charge in [-0.3, -0.25) is 9.58 Å². The Hall–Kier alpha value is -0.870. The van der Waals surface area contributed by atoms with Gasteiger partial charge in [0.15, 0.2) is 0 Å². The molecule has 0 unspecified atom stereocenters. The highest BCUT2D eigenvalue weighted by molar-refractivity contribution is 5.05. The average Bonchev–Trinajstić information content (AvgIpc) is 2.87. The fourth-order valence-corrected chi connectivity index (χ4v) is 2.29. The van der Waals surface area contributed by atoms with Crippen molar-refractivity contribution in [2.75, 3.05) is 13.2 Å². The van der Waals surface area contributed by atoms with E-state index in [0.29, 0.717) is 12.1 Å². The Kier molecular flexibility index (Phi) is 3.61. The molecule has 0 saturated carbocycles. The minimum atomic E-state index is 0.276. The van der Waals surface area contributed by atoms with Crippen LogP contribution in [0.5, 0.6) is 0 Å². The number of likely N-dealkylation sites (tertiary alicyclic amines) is 1. The molecule has 0 aromatic carbocycles. The summed E-state index contributed by atoms with van der Waals surface area (Å²) in [5.41, 5.74) is 1.24. The molecule has 1 aliphatic rings. The zero-order chi connectivity index (χ0) is 11.5. The van der Waals surface area contributed by atoms with Crippen molar-refractivity contribution in [2.24, 2.45) is 0 Å². The minimum Gasteiger partial charge on any atom is -0.395 e. The van der Waals surface area contributed by atoms with Crippen LogP contribution >= 0.6 is 0 Å². The first-order chi connectivity index (χ1) is 7.70. The van der Waals surface area contributed by atoms with Gasteiger partial charge in [-0.2, -0.15) is 5.10 Å². The Morgan fingerprint density at radius 2 is 2.38 bits per heavy atom. The van der Waals surface area contributed by atoms with Crippen molar-refractivity contribution in [3.05, 3.63) is 18.0 Å². The van der Waals surface area contributed by atoms with Crippen molar-refractivity contribution in [1.29, 1.82) is 0 Å². The maximum atomic E-state index is 9.25. The molecule has 16 heavy (non-hydrogen) atoms. The van der Waals surface area contributed by atoms with Crippen molar-refractivity contribution < 1.29 is 5.11 Å². The van der Waals surface area contributed by atoms with E-state index < -0.39 is 0 Å². The van der Waals surface area contributed by atoms with E-state index in [0.717, 1.165) is 19.5 Å². The third-order valence-corrected chi connectivity index (χ3v) is 3.28. The molecule has 0 radical (unpaired) electrons. The predicted octanol–water partition coefficient (Wildman–Crippen LogP) is 1.42. The summed E-state index contributed by atoms with van der Waals surface area (Å²) < 4.78 is 1.99. The molecule has 4 heteroatoms.